The lowest BCUT2D eigenvalue weighted by Gasteiger charge is -2.36. The smallest absolute Gasteiger partial charge is 0.123 e. The third-order valence-electron chi connectivity index (χ3n) is 10.4. The standard InChI is InChI=1S/C41H74O3/c1-32(19-13-20-35(4)26-27-39-36(5)29-38(43)30-40(39,6)7)17-11-12-18-33(2)21-14-24-37(31-42)25-15-22-34(3)23-16-28-41(8,9)44-10/h16,23,26-27,31-35,37-38,43H,11-15,17-22,24-25,28-30H2,1-10H3/b23-16+,27-26+/t32?,33?,34?,35?,37?,38-/m1/s1. The molecule has 3 heteroatoms. The first-order valence-corrected chi connectivity index (χ1v) is 18.4. The first kappa shape index (κ1) is 40.8. The molecule has 0 saturated carbocycles. The number of carbonyl (C=O) groups is 1. The predicted octanol–water partition coefficient (Wildman–Crippen LogP) is 11.8. The van der Waals surface area contributed by atoms with E-state index in [0.29, 0.717) is 11.8 Å². The van der Waals surface area contributed by atoms with Crippen LogP contribution in [0.2, 0.25) is 0 Å². The van der Waals surface area contributed by atoms with Crippen molar-refractivity contribution in [3.8, 4) is 0 Å². The summed E-state index contributed by atoms with van der Waals surface area (Å²) < 4.78 is 5.49. The van der Waals surface area contributed by atoms with Gasteiger partial charge in [-0.05, 0) is 100 Å². The molecule has 0 aromatic heterocycles. The molecule has 1 N–H and O–H groups in total. The van der Waals surface area contributed by atoms with Gasteiger partial charge in [0.1, 0.15) is 6.29 Å². The lowest BCUT2D eigenvalue weighted by atomic mass is 9.71. The van der Waals surface area contributed by atoms with E-state index < -0.39 is 0 Å². The van der Waals surface area contributed by atoms with Crippen molar-refractivity contribution in [2.24, 2.45) is 35.0 Å². The van der Waals surface area contributed by atoms with Crippen molar-refractivity contribution in [1.82, 2.24) is 0 Å². The van der Waals surface area contributed by atoms with Crippen LogP contribution in [0.4, 0.5) is 0 Å². The molecule has 5 unspecified atom stereocenters. The molecule has 0 heterocycles. The van der Waals surface area contributed by atoms with Crippen LogP contribution in [0, 0.1) is 35.0 Å². The van der Waals surface area contributed by atoms with Crippen LogP contribution in [0.1, 0.15) is 165 Å². The van der Waals surface area contributed by atoms with Gasteiger partial charge < -0.3 is 14.6 Å². The lowest BCUT2D eigenvalue weighted by molar-refractivity contribution is -0.111. The average Bonchev–Trinajstić information content (AvgIpc) is 2.93. The molecule has 0 saturated heterocycles. The molecule has 0 aromatic carbocycles. The molecule has 6 atom stereocenters. The zero-order valence-corrected chi connectivity index (χ0v) is 30.9. The SMILES string of the molecule is COC(C)(C)C/C=C/C(C)CCCC(C=O)CCCC(C)CCCCC(C)CCCC(C)/C=C/C1=C(C)C[C@@H](O)CC1(C)C. The van der Waals surface area contributed by atoms with Gasteiger partial charge in [0, 0.05) is 13.0 Å². The molecule has 1 aliphatic carbocycles. The number of rotatable bonds is 24. The second kappa shape index (κ2) is 21.6. The Balaban J connectivity index is 2.15. The second-order valence-electron chi connectivity index (χ2n) is 16.2. The molecule has 44 heavy (non-hydrogen) atoms. The van der Waals surface area contributed by atoms with E-state index in [0.717, 1.165) is 56.8 Å². The summed E-state index contributed by atoms with van der Waals surface area (Å²) in [5, 5.41) is 10.1. The third-order valence-corrected chi connectivity index (χ3v) is 10.4. The van der Waals surface area contributed by atoms with Crippen LogP contribution in [0.25, 0.3) is 0 Å². The maximum absolute atomic E-state index is 11.7. The van der Waals surface area contributed by atoms with Crippen molar-refractivity contribution in [2.45, 2.75) is 177 Å². The molecule has 0 spiro atoms. The minimum Gasteiger partial charge on any atom is -0.393 e. The summed E-state index contributed by atoms with van der Waals surface area (Å²) in [5.74, 6) is 2.98. The number of unbranched alkanes of at least 4 members (excludes halogenated alkanes) is 1. The largest absolute Gasteiger partial charge is 0.393 e. The number of methoxy groups -OCH3 is 1. The molecular weight excluding hydrogens is 540 g/mol. The van der Waals surface area contributed by atoms with Crippen molar-refractivity contribution in [1.29, 1.82) is 0 Å². The molecule has 1 aliphatic rings. The van der Waals surface area contributed by atoms with Crippen LogP contribution in [-0.4, -0.2) is 30.2 Å². The van der Waals surface area contributed by atoms with E-state index in [1.165, 1.54) is 75.2 Å². The van der Waals surface area contributed by atoms with E-state index >= 15 is 0 Å². The van der Waals surface area contributed by atoms with Gasteiger partial charge in [-0.15, -0.1) is 0 Å². The number of aldehydes is 1. The zero-order valence-electron chi connectivity index (χ0n) is 30.9. The number of aliphatic hydroxyl groups excluding tert-OH is 1. The number of ether oxygens (including phenoxy) is 1. The Bertz CT molecular complexity index is 863. The third kappa shape index (κ3) is 18.1. The van der Waals surface area contributed by atoms with Gasteiger partial charge in [-0.1, -0.05) is 129 Å². The Morgan fingerprint density at radius 2 is 1.34 bits per heavy atom. The number of hydrogen-bond donors (Lipinski definition) is 1. The van der Waals surface area contributed by atoms with Crippen molar-refractivity contribution >= 4 is 6.29 Å². The fraction of sp³-hybridized carbons (Fsp3) is 0.829. The minimum absolute atomic E-state index is 0.0706. The van der Waals surface area contributed by atoms with Crippen molar-refractivity contribution < 1.29 is 14.6 Å². The van der Waals surface area contributed by atoms with E-state index in [2.05, 4.69) is 86.6 Å². The van der Waals surface area contributed by atoms with Gasteiger partial charge >= 0.3 is 0 Å². The van der Waals surface area contributed by atoms with Crippen molar-refractivity contribution in [2.75, 3.05) is 7.11 Å². The topological polar surface area (TPSA) is 46.5 Å². The van der Waals surface area contributed by atoms with Gasteiger partial charge in [0.15, 0.2) is 0 Å². The first-order chi connectivity index (χ1) is 20.7. The number of aliphatic hydroxyl groups is 1. The quantitative estimate of drug-likeness (QED) is 0.0668. The summed E-state index contributed by atoms with van der Waals surface area (Å²) >= 11 is 0. The average molecular weight is 615 g/mol. The van der Waals surface area contributed by atoms with Crippen LogP contribution in [0.5, 0.6) is 0 Å². The fourth-order valence-electron chi connectivity index (χ4n) is 7.07. The van der Waals surface area contributed by atoms with Crippen LogP contribution in [0.3, 0.4) is 0 Å². The van der Waals surface area contributed by atoms with Gasteiger partial charge in [0.25, 0.3) is 0 Å². The normalized spacial score (nSPS) is 21.1. The highest BCUT2D eigenvalue weighted by atomic mass is 16.5. The highest BCUT2D eigenvalue weighted by Gasteiger charge is 2.31. The number of carbonyl (C=O) groups excluding carboxylic acids is 1. The Labute approximate surface area is 274 Å². The molecule has 0 amide bonds. The minimum atomic E-state index is -0.187. The molecule has 1 rings (SSSR count). The highest BCUT2D eigenvalue weighted by Crippen LogP contribution is 2.41. The van der Waals surface area contributed by atoms with Crippen LogP contribution in [-0.2, 0) is 9.53 Å². The van der Waals surface area contributed by atoms with E-state index in [-0.39, 0.29) is 23.0 Å². The molecule has 256 valence electrons. The van der Waals surface area contributed by atoms with Crippen LogP contribution in [0.15, 0.2) is 35.5 Å². The van der Waals surface area contributed by atoms with Crippen LogP contribution < -0.4 is 0 Å². The predicted molar refractivity (Wildman–Crippen MR) is 192 cm³/mol. The number of allylic oxidation sites excluding steroid dienone is 4. The van der Waals surface area contributed by atoms with Gasteiger partial charge in [-0.25, -0.2) is 0 Å². The molecule has 3 nitrogen and oxygen atoms in total. The summed E-state index contributed by atoms with van der Waals surface area (Å²) in [4.78, 5) is 11.7. The Kier molecular flexibility index (Phi) is 20.0. The summed E-state index contributed by atoms with van der Waals surface area (Å²) in [6.07, 6.45) is 29.1. The monoisotopic (exact) mass is 615 g/mol. The van der Waals surface area contributed by atoms with Crippen LogP contribution >= 0.6 is 0 Å². The zero-order chi connectivity index (χ0) is 33.2. The Hall–Kier alpha value is -1.19. The lowest BCUT2D eigenvalue weighted by Crippen LogP contribution is -2.28. The van der Waals surface area contributed by atoms with E-state index in [1.807, 2.05) is 0 Å². The molecular formula is C41H74O3. The Morgan fingerprint density at radius 1 is 0.841 bits per heavy atom. The summed E-state index contributed by atoms with van der Waals surface area (Å²) in [6, 6.07) is 0. The van der Waals surface area contributed by atoms with Gasteiger partial charge in [-0.3, -0.25) is 0 Å². The summed E-state index contributed by atoms with van der Waals surface area (Å²) in [7, 11) is 1.77. The summed E-state index contributed by atoms with van der Waals surface area (Å²) in [5.41, 5.74) is 2.77. The maximum atomic E-state index is 11.7. The summed E-state index contributed by atoms with van der Waals surface area (Å²) in [6.45, 7) is 20.4. The Morgan fingerprint density at radius 3 is 1.86 bits per heavy atom. The van der Waals surface area contributed by atoms with E-state index in [1.54, 1.807) is 7.11 Å². The maximum Gasteiger partial charge on any atom is 0.123 e. The molecule has 0 radical (unpaired) electrons. The molecule has 0 aromatic rings. The fourth-order valence-corrected chi connectivity index (χ4v) is 7.07. The second-order valence-corrected chi connectivity index (χ2v) is 16.2. The molecule has 0 fully saturated rings. The van der Waals surface area contributed by atoms with E-state index in [9.17, 15) is 9.90 Å². The van der Waals surface area contributed by atoms with Gasteiger partial charge in [0.05, 0.1) is 11.7 Å². The number of hydrogen-bond acceptors (Lipinski definition) is 3. The molecule has 0 aliphatic heterocycles. The van der Waals surface area contributed by atoms with Gasteiger partial charge in [0.2, 0.25) is 0 Å². The van der Waals surface area contributed by atoms with Gasteiger partial charge in [-0.2, -0.15) is 0 Å². The molecule has 0 bridgehead atoms. The van der Waals surface area contributed by atoms with E-state index in [4.69, 9.17) is 4.74 Å². The van der Waals surface area contributed by atoms with Crippen molar-refractivity contribution in [3.63, 3.8) is 0 Å². The highest BCUT2D eigenvalue weighted by molar-refractivity contribution is 5.53. The van der Waals surface area contributed by atoms with Crippen molar-refractivity contribution in [3.05, 3.63) is 35.5 Å². The first-order valence-electron chi connectivity index (χ1n) is 18.4.